The van der Waals surface area contributed by atoms with Gasteiger partial charge in [0.15, 0.2) is 0 Å². The zero-order chi connectivity index (χ0) is 16.7. The molecule has 1 fully saturated rings. The smallest absolute Gasteiger partial charge is 0.232 e. The quantitative estimate of drug-likeness (QED) is 0.875. The topological polar surface area (TPSA) is 49.3 Å². The maximum atomic E-state index is 13.6. The number of phenolic OH excluding ortho intramolecular Hbond substituents is 1. The number of benzene rings is 2. The lowest BCUT2D eigenvalue weighted by Crippen LogP contribution is -2.14. The Morgan fingerprint density at radius 1 is 1.08 bits per heavy atom. The molecule has 24 heavy (non-hydrogen) atoms. The van der Waals surface area contributed by atoms with E-state index in [2.05, 4.69) is 5.32 Å². The summed E-state index contributed by atoms with van der Waals surface area (Å²) in [4.78, 5) is 12.3. The summed E-state index contributed by atoms with van der Waals surface area (Å²) in [6.07, 6.45) is 5.13. The fourth-order valence-electron chi connectivity index (χ4n) is 4.03. The number of nitrogens with one attached hydrogen (secondary N) is 1. The van der Waals surface area contributed by atoms with Gasteiger partial charge in [-0.3, -0.25) is 4.79 Å². The Kier molecular flexibility index (Phi) is 3.75. The number of carbonyl (C=O) groups is 1. The molecule has 0 bridgehead atoms. The van der Waals surface area contributed by atoms with E-state index in [9.17, 15) is 14.3 Å². The van der Waals surface area contributed by atoms with Gasteiger partial charge in [0.25, 0.3) is 0 Å². The summed E-state index contributed by atoms with van der Waals surface area (Å²) in [5, 5.41) is 13.0. The average Bonchev–Trinajstić information content (AvgIpc) is 3.19. The first kappa shape index (κ1) is 15.2. The van der Waals surface area contributed by atoms with E-state index < -0.39 is 0 Å². The Morgan fingerprint density at radius 3 is 2.67 bits per heavy atom. The number of halogens is 1. The summed E-state index contributed by atoms with van der Waals surface area (Å²) in [6.45, 7) is 0. The molecule has 4 heteroatoms. The summed E-state index contributed by atoms with van der Waals surface area (Å²) < 4.78 is 13.6. The maximum Gasteiger partial charge on any atom is 0.232 e. The van der Waals surface area contributed by atoms with Crippen molar-refractivity contribution in [2.45, 2.75) is 43.9 Å². The van der Waals surface area contributed by atoms with Crippen LogP contribution < -0.4 is 5.32 Å². The molecule has 1 atom stereocenters. The van der Waals surface area contributed by atoms with Crippen LogP contribution in [0.3, 0.4) is 0 Å². The van der Waals surface area contributed by atoms with Crippen LogP contribution >= 0.6 is 0 Å². The van der Waals surface area contributed by atoms with E-state index in [1.54, 1.807) is 12.1 Å². The first-order valence-corrected chi connectivity index (χ1v) is 8.54. The monoisotopic (exact) mass is 325 g/mol. The van der Waals surface area contributed by atoms with E-state index in [0.29, 0.717) is 23.8 Å². The first-order valence-electron chi connectivity index (χ1n) is 8.54. The van der Waals surface area contributed by atoms with Gasteiger partial charge < -0.3 is 10.4 Å². The van der Waals surface area contributed by atoms with Crippen molar-refractivity contribution in [1.29, 1.82) is 0 Å². The number of aromatic hydroxyl groups is 1. The fraction of sp³-hybridized carbons (Fsp3) is 0.350. The Bertz CT molecular complexity index is 796. The molecule has 2 aromatic rings. The highest BCUT2D eigenvalue weighted by Crippen LogP contribution is 2.40. The summed E-state index contributed by atoms with van der Waals surface area (Å²) in [6, 6.07) is 10.0. The molecule has 3 nitrogen and oxygen atoms in total. The van der Waals surface area contributed by atoms with Gasteiger partial charge in [0, 0.05) is 5.69 Å². The van der Waals surface area contributed by atoms with Crippen molar-refractivity contribution >= 4 is 11.6 Å². The van der Waals surface area contributed by atoms with Crippen LogP contribution in [0, 0.1) is 5.82 Å². The number of amides is 1. The minimum Gasteiger partial charge on any atom is -0.508 e. The molecule has 0 spiro atoms. The number of hydrogen-bond donors (Lipinski definition) is 2. The van der Waals surface area contributed by atoms with Gasteiger partial charge in [0.1, 0.15) is 11.6 Å². The molecule has 1 heterocycles. The van der Waals surface area contributed by atoms with Crippen molar-refractivity contribution in [2.24, 2.45) is 0 Å². The third-order valence-corrected chi connectivity index (χ3v) is 5.29. The largest absolute Gasteiger partial charge is 0.508 e. The molecule has 0 saturated heterocycles. The van der Waals surface area contributed by atoms with Crippen LogP contribution in [0.4, 0.5) is 10.1 Å². The molecule has 2 aliphatic rings. The number of fused-ring (bicyclic) bond motifs is 1. The van der Waals surface area contributed by atoms with E-state index in [1.807, 2.05) is 12.1 Å². The maximum absolute atomic E-state index is 13.6. The normalized spacial score (nSPS) is 20.2. The van der Waals surface area contributed by atoms with Crippen LogP contribution in [0.25, 0.3) is 0 Å². The van der Waals surface area contributed by atoms with Gasteiger partial charge in [-0.05, 0) is 66.1 Å². The van der Waals surface area contributed by atoms with Crippen molar-refractivity contribution in [2.75, 3.05) is 5.32 Å². The lowest BCUT2D eigenvalue weighted by molar-refractivity contribution is -0.117. The summed E-state index contributed by atoms with van der Waals surface area (Å²) in [7, 11) is 0. The van der Waals surface area contributed by atoms with Gasteiger partial charge in [-0.1, -0.05) is 25.0 Å². The first-order chi connectivity index (χ1) is 11.6. The highest BCUT2D eigenvalue weighted by Gasteiger charge is 2.31. The molecule has 2 aromatic carbocycles. The molecule has 1 unspecified atom stereocenters. The third-order valence-electron chi connectivity index (χ3n) is 5.29. The van der Waals surface area contributed by atoms with E-state index in [4.69, 9.17) is 0 Å². The van der Waals surface area contributed by atoms with E-state index in [-0.39, 0.29) is 17.6 Å². The Balaban J connectivity index is 1.63. The van der Waals surface area contributed by atoms with Crippen molar-refractivity contribution < 1.29 is 14.3 Å². The summed E-state index contributed by atoms with van der Waals surface area (Å²) in [5.41, 5.74) is 3.41. The molecule has 4 rings (SSSR count). The van der Waals surface area contributed by atoms with E-state index in [1.165, 1.54) is 25.0 Å². The van der Waals surface area contributed by atoms with Crippen LogP contribution in [-0.4, -0.2) is 11.0 Å². The summed E-state index contributed by atoms with van der Waals surface area (Å²) in [5.74, 6) is -0.0459. The minimum atomic E-state index is -0.378. The lowest BCUT2D eigenvalue weighted by Gasteiger charge is -2.15. The molecule has 0 radical (unpaired) electrons. The highest BCUT2D eigenvalue weighted by molar-refractivity contribution is 6.03. The minimum absolute atomic E-state index is 0.0916. The van der Waals surface area contributed by atoms with Crippen molar-refractivity contribution in [3.63, 3.8) is 0 Å². The predicted molar refractivity (Wildman–Crippen MR) is 90.8 cm³/mol. The molecular formula is C20H20FNO2. The molecule has 0 aromatic heterocycles. The van der Waals surface area contributed by atoms with Gasteiger partial charge >= 0.3 is 0 Å². The van der Waals surface area contributed by atoms with Gasteiger partial charge in [-0.2, -0.15) is 0 Å². The van der Waals surface area contributed by atoms with Gasteiger partial charge in [-0.25, -0.2) is 4.39 Å². The zero-order valence-electron chi connectivity index (χ0n) is 13.4. The molecule has 1 saturated carbocycles. The van der Waals surface area contributed by atoms with Gasteiger partial charge in [-0.15, -0.1) is 0 Å². The second-order valence-corrected chi connectivity index (χ2v) is 6.85. The van der Waals surface area contributed by atoms with Crippen molar-refractivity contribution in [3.8, 4) is 5.75 Å². The van der Waals surface area contributed by atoms with Crippen LogP contribution in [0.2, 0.25) is 0 Å². The highest BCUT2D eigenvalue weighted by atomic mass is 19.1. The average molecular weight is 325 g/mol. The fourth-order valence-corrected chi connectivity index (χ4v) is 4.03. The number of hydrogen-bond acceptors (Lipinski definition) is 2. The lowest BCUT2D eigenvalue weighted by atomic mass is 9.89. The van der Waals surface area contributed by atoms with Crippen molar-refractivity contribution in [1.82, 2.24) is 0 Å². The standard InChI is InChI=1S/C20H20FNO2/c21-14-6-7-18-16(11-14)17(20(24)22-18)10-12-5-8-19(23)15(9-12)13-3-1-2-4-13/h5-9,11,13,17,23H,1-4,10H2,(H,22,24). The molecule has 1 amide bonds. The Morgan fingerprint density at radius 2 is 1.88 bits per heavy atom. The predicted octanol–water partition coefficient (Wildman–Crippen LogP) is 4.47. The van der Waals surface area contributed by atoms with Crippen LogP contribution in [0.15, 0.2) is 36.4 Å². The van der Waals surface area contributed by atoms with Crippen LogP contribution in [-0.2, 0) is 11.2 Å². The Hall–Kier alpha value is -2.36. The van der Waals surface area contributed by atoms with E-state index >= 15 is 0 Å². The van der Waals surface area contributed by atoms with E-state index in [0.717, 1.165) is 29.5 Å². The van der Waals surface area contributed by atoms with Crippen molar-refractivity contribution in [3.05, 3.63) is 58.9 Å². The molecule has 1 aliphatic heterocycles. The Labute approximate surface area is 140 Å². The van der Waals surface area contributed by atoms with Gasteiger partial charge in [0.2, 0.25) is 5.91 Å². The zero-order valence-corrected chi connectivity index (χ0v) is 13.4. The van der Waals surface area contributed by atoms with Crippen LogP contribution in [0.5, 0.6) is 5.75 Å². The molecular weight excluding hydrogens is 305 g/mol. The number of phenols is 1. The third kappa shape index (κ3) is 2.66. The second-order valence-electron chi connectivity index (χ2n) is 6.85. The SMILES string of the molecule is O=C1Nc2ccc(F)cc2C1Cc1ccc(O)c(C2CCCC2)c1. The molecule has 124 valence electrons. The van der Waals surface area contributed by atoms with Gasteiger partial charge in [0.05, 0.1) is 5.92 Å². The number of anilines is 1. The molecule has 2 N–H and O–H groups in total. The number of rotatable bonds is 3. The summed E-state index contributed by atoms with van der Waals surface area (Å²) >= 11 is 0. The number of carbonyl (C=O) groups excluding carboxylic acids is 1. The molecule has 1 aliphatic carbocycles. The van der Waals surface area contributed by atoms with Crippen LogP contribution in [0.1, 0.15) is 54.2 Å². The second kappa shape index (κ2) is 5.93.